The summed E-state index contributed by atoms with van der Waals surface area (Å²) in [5, 5.41) is 0. The molecule has 112 valence electrons. The van der Waals surface area contributed by atoms with Gasteiger partial charge in [0.05, 0.1) is 0 Å². The maximum atomic E-state index is 6.30. The highest BCUT2D eigenvalue weighted by molar-refractivity contribution is 5.26. The molecule has 0 aromatic heterocycles. The van der Waals surface area contributed by atoms with Gasteiger partial charge < -0.3 is 5.73 Å². The van der Waals surface area contributed by atoms with Crippen LogP contribution >= 0.6 is 0 Å². The Bertz CT molecular complexity index is 531. The zero-order chi connectivity index (χ0) is 15.2. The van der Waals surface area contributed by atoms with Gasteiger partial charge in [0.15, 0.2) is 0 Å². The summed E-state index contributed by atoms with van der Waals surface area (Å²) in [5.74, 6) is 0. The molecule has 2 atom stereocenters. The lowest BCUT2D eigenvalue weighted by atomic mass is 9.97. The molecule has 2 unspecified atom stereocenters. The number of nitrogens with zero attached hydrogens (tertiary/aromatic N) is 1. The van der Waals surface area contributed by atoms with E-state index >= 15 is 0 Å². The second-order valence-electron chi connectivity index (χ2n) is 5.76. The van der Waals surface area contributed by atoms with Crippen LogP contribution in [0.3, 0.4) is 0 Å². The number of hydrogen-bond donors (Lipinski definition) is 1. The minimum Gasteiger partial charge on any atom is -0.326 e. The van der Waals surface area contributed by atoms with Gasteiger partial charge in [-0.25, -0.2) is 0 Å². The summed E-state index contributed by atoms with van der Waals surface area (Å²) in [6, 6.07) is 19.7. The van der Waals surface area contributed by atoms with Gasteiger partial charge in [0.1, 0.15) is 0 Å². The first kappa shape index (κ1) is 15.7. The molecule has 2 rings (SSSR count). The van der Waals surface area contributed by atoms with Gasteiger partial charge in [-0.05, 0) is 31.5 Å². The molecule has 0 fully saturated rings. The molecule has 0 saturated heterocycles. The largest absolute Gasteiger partial charge is 0.326 e. The zero-order valence-corrected chi connectivity index (χ0v) is 13.3. The van der Waals surface area contributed by atoms with Crippen LogP contribution in [0.25, 0.3) is 0 Å². The van der Waals surface area contributed by atoms with Crippen LogP contribution in [0.15, 0.2) is 54.6 Å². The van der Waals surface area contributed by atoms with Gasteiger partial charge in [0.25, 0.3) is 0 Å². The van der Waals surface area contributed by atoms with Crippen LogP contribution in [0.4, 0.5) is 0 Å². The van der Waals surface area contributed by atoms with E-state index in [1.807, 2.05) is 0 Å². The molecular formula is C19H26N2. The highest BCUT2D eigenvalue weighted by Crippen LogP contribution is 2.25. The van der Waals surface area contributed by atoms with Gasteiger partial charge in [0, 0.05) is 18.6 Å². The minimum absolute atomic E-state index is 0.0939. The molecule has 2 nitrogen and oxygen atoms in total. The Labute approximate surface area is 128 Å². The molecule has 0 aliphatic carbocycles. The molecule has 2 N–H and O–H groups in total. The molecule has 0 saturated carbocycles. The lowest BCUT2D eigenvalue weighted by Gasteiger charge is -2.34. The fourth-order valence-electron chi connectivity index (χ4n) is 2.84. The number of aryl methyl sites for hydroxylation is 1. The highest BCUT2D eigenvalue weighted by Gasteiger charge is 2.22. The first-order valence-electron chi connectivity index (χ1n) is 7.72. The van der Waals surface area contributed by atoms with Crippen LogP contribution in [0.2, 0.25) is 0 Å². The number of likely N-dealkylation sites (N-methyl/N-ethyl adjacent to an activating group) is 1. The van der Waals surface area contributed by atoms with Crippen LogP contribution in [-0.2, 0) is 6.54 Å². The van der Waals surface area contributed by atoms with Crippen molar-refractivity contribution in [3.63, 3.8) is 0 Å². The van der Waals surface area contributed by atoms with Gasteiger partial charge in [-0.3, -0.25) is 4.90 Å². The molecule has 0 amide bonds. The molecule has 0 aliphatic heterocycles. The number of rotatable bonds is 6. The second-order valence-corrected chi connectivity index (χ2v) is 5.76. The maximum Gasteiger partial charge on any atom is 0.0499 e. The average molecular weight is 282 g/mol. The second kappa shape index (κ2) is 7.39. The Morgan fingerprint density at radius 3 is 2.14 bits per heavy atom. The topological polar surface area (TPSA) is 29.3 Å². The standard InChI is InChI=1S/C19H26N2/c1-4-21(14-17-8-6-5-7-9-17)19(16(3)20)18-12-10-15(2)11-13-18/h5-13,16,19H,4,14,20H2,1-3H3. The van der Waals surface area contributed by atoms with E-state index < -0.39 is 0 Å². The molecule has 0 radical (unpaired) electrons. The van der Waals surface area contributed by atoms with Crippen molar-refractivity contribution < 1.29 is 0 Å². The highest BCUT2D eigenvalue weighted by atomic mass is 15.2. The van der Waals surface area contributed by atoms with Crippen LogP contribution < -0.4 is 5.73 Å². The van der Waals surface area contributed by atoms with Crippen LogP contribution in [0.1, 0.15) is 36.6 Å². The van der Waals surface area contributed by atoms with Crippen molar-refractivity contribution in [1.29, 1.82) is 0 Å². The molecule has 2 aromatic carbocycles. The van der Waals surface area contributed by atoms with E-state index in [-0.39, 0.29) is 12.1 Å². The third-order valence-corrected chi connectivity index (χ3v) is 3.94. The smallest absolute Gasteiger partial charge is 0.0499 e. The summed E-state index contributed by atoms with van der Waals surface area (Å²) < 4.78 is 0. The Morgan fingerprint density at radius 1 is 1.00 bits per heavy atom. The predicted octanol–water partition coefficient (Wildman–Crippen LogP) is 3.91. The molecule has 0 heterocycles. The number of nitrogens with two attached hydrogens (primary N) is 1. The summed E-state index contributed by atoms with van der Waals surface area (Å²) in [6.07, 6.45) is 0. The predicted molar refractivity (Wildman–Crippen MR) is 90.1 cm³/mol. The van der Waals surface area contributed by atoms with E-state index in [2.05, 4.69) is 80.3 Å². The van der Waals surface area contributed by atoms with Crippen LogP contribution in [-0.4, -0.2) is 17.5 Å². The molecule has 2 heteroatoms. The Hall–Kier alpha value is -1.64. The van der Waals surface area contributed by atoms with Crippen LogP contribution in [0.5, 0.6) is 0 Å². The SMILES string of the molecule is CCN(Cc1ccccc1)C(c1ccc(C)cc1)C(C)N. The van der Waals surface area contributed by atoms with E-state index in [1.54, 1.807) is 0 Å². The fourth-order valence-corrected chi connectivity index (χ4v) is 2.84. The van der Waals surface area contributed by atoms with Gasteiger partial charge in [0.2, 0.25) is 0 Å². The Balaban J connectivity index is 2.24. The first-order chi connectivity index (χ1) is 10.1. The summed E-state index contributed by atoms with van der Waals surface area (Å²) in [6.45, 7) is 8.32. The average Bonchev–Trinajstić information content (AvgIpc) is 2.49. The summed E-state index contributed by atoms with van der Waals surface area (Å²) in [7, 11) is 0. The monoisotopic (exact) mass is 282 g/mol. The van der Waals surface area contributed by atoms with Crippen molar-refractivity contribution in [2.45, 2.75) is 39.4 Å². The molecule has 0 spiro atoms. The quantitative estimate of drug-likeness (QED) is 0.870. The molecule has 21 heavy (non-hydrogen) atoms. The van der Waals surface area contributed by atoms with Gasteiger partial charge >= 0.3 is 0 Å². The first-order valence-corrected chi connectivity index (χ1v) is 7.72. The Kier molecular flexibility index (Phi) is 5.54. The van der Waals surface area contributed by atoms with Gasteiger partial charge in [-0.1, -0.05) is 67.1 Å². The number of hydrogen-bond acceptors (Lipinski definition) is 2. The number of benzene rings is 2. The molecule has 0 aliphatic rings. The third kappa shape index (κ3) is 4.16. The minimum atomic E-state index is 0.0939. The van der Waals surface area contributed by atoms with Crippen molar-refractivity contribution in [3.8, 4) is 0 Å². The molecular weight excluding hydrogens is 256 g/mol. The summed E-state index contributed by atoms with van der Waals surface area (Å²) in [4.78, 5) is 2.45. The maximum absolute atomic E-state index is 6.30. The van der Waals surface area contributed by atoms with E-state index in [9.17, 15) is 0 Å². The zero-order valence-electron chi connectivity index (χ0n) is 13.3. The van der Waals surface area contributed by atoms with Crippen molar-refractivity contribution in [2.75, 3.05) is 6.54 Å². The molecule has 0 bridgehead atoms. The van der Waals surface area contributed by atoms with E-state index in [4.69, 9.17) is 5.73 Å². The van der Waals surface area contributed by atoms with Gasteiger partial charge in [-0.15, -0.1) is 0 Å². The van der Waals surface area contributed by atoms with E-state index in [0.29, 0.717) is 0 Å². The van der Waals surface area contributed by atoms with Crippen LogP contribution in [0, 0.1) is 6.92 Å². The summed E-state index contributed by atoms with van der Waals surface area (Å²) in [5.41, 5.74) is 10.2. The van der Waals surface area contributed by atoms with Crippen molar-refractivity contribution in [2.24, 2.45) is 5.73 Å². The Morgan fingerprint density at radius 2 is 1.62 bits per heavy atom. The van der Waals surface area contributed by atoms with Crippen molar-refractivity contribution >= 4 is 0 Å². The van der Waals surface area contributed by atoms with Crippen molar-refractivity contribution in [3.05, 3.63) is 71.3 Å². The summed E-state index contributed by atoms with van der Waals surface area (Å²) >= 11 is 0. The van der Waals surface area contributed by atoms with Gasteiger partial charge in [-0.2, -0.15) is 0 Å². The third-order valence-electron chi connectivity index (χ3n) is 3.94. The lowest BCUT2D eigenvalue weighted by Crippen LogP contribution is -2.39. The van der Waals surface area contributed by atoms with E-state index in [1.165, 1.54) is 16.7 Å². The fraction of sp³-hybridized carbons (Fsp3) is 0.368. The lowest BCUT2D eigenvalue weighted by molar-refractivity contribution is 0.177. The van der Waals surface area contributed by atoms with Crippen molar-refractivity contribution in [1.82, 2.24) is 4.90 Å². The normalized spacial score (nSPS) is 14.1. The molecule has 2 aromatic rings. The van der Waals surface area contributed by atoms with E-state index in [0.717, 1.165) is 13.1 Å².